The Balaban J connectivity index is 1.47. The summed E-state index contributed by atoms with van der Waals surface area (Å²) in [5.41, 5.74) is 0. The van der Waals surface area contributed by atoms with E-state index in [9.17, 15) is 0 Å². The van der Waals surface area contributed by atoms with Crippen molar-refractivity contribution in [3.8, 4) is 0 Å². The highest BCUT2D eigenvalue weighted by atomic mass is 16.8. The highest BCUT2D eigenvalue weighted by Gasteiger charge is 2.59. The maximum atomic E-state index is 5.81. The SMILES string of the molecule is C=CC1OC1COC12CCCCC1O2. The summed E-state index contributed by atoms with van der Waals surface area (Å²) >= 11 is 0. The Morgan fingerprint density at radius 2 is 2.43 bits per heavy atom. The molecule has 0 aromatic carbocycles. The summed E-state index contributed by atoms with van der Waals surface area (Å²) < 4.78 is 16.7. The van der Waals surface area contributed by atoms with E-state index in [1.54, 1.807) is 0 Å². The molecular formula is C11H16O3. The third kappa shape index (κ3) is 1.40. The largest absolute Gasteiger partial charge is 0.363 e. The Labute approximate surface area is 84.0 Å². The minimum atomic E-state index is -0.212. The molecule has 3 fully saturated rings. The van der Waals surface area contributed by atoms with Gasteiger partial charge in [-0.25, -0.2) is 0 Å². The van der Waals surface area contributed by atoms with Crippen molar-refractivity contribution in [2.45, 2.75) is 49.8 Å². The molecule has 0 radical (unpaired) electrons. The smallest absolute Gasteiger partial charge is 0.195 e. The number of hydrogen-bond acceptors (Lipinski definition) is 3. The van der Waals surface area contributed by atoms with Crippen LogP contribution in [0.5, 0.6) is 0 Å². The molecule has 3 rings (SSSR count). The van der Waals surface area contributed by atoms with Gasteiger partial charge in [0.25, 0.3) is 0 Å². The lowest BCUT2D eigenvalue weighted by Crippen LogP contribution is -2.25. The van der Waals surface area contributed by atoms with Crippen LogP contribution in [0.1, 0.15) is 25.7 Å². The molecule has 0 aromatic rings. The van der Waals surface area contributed by atoms with Gasteiger partial charge >= 0.3 is 0 Å². The Hall–Kier alpha value is -0.380. The Kier molecular flexibility index (Phi) is 1.94. The molecule has 0 N–H and O–H groups in total. The molecule has 3 heteroatoms. The monoisotopic (exact) mass is 196 g/mol. The first-order chi connectivity index (χ1) is 6.84. The molecule has 3 aliphatic rings. The van der Waals surface area contributed by atoms with Crippen LogP contribution in [0, 0.1) is 0 Å². The number of ether oxygens (including phenoxy) is 3. The predicted molar refractivity (Wildman–Crippen MR) is 50.9 cm³/mol. The molecule has 0 spiro atoms. The third-order valence-electron chi connectivity index (χ3n) is 3.36. The molecule has 4 unspecified atom stereocenters. The molecule has 1 aliphatic carbocycles. The van der Waals surface area contributed by atoms with Crippen molar-refractivity contribution in [2.24, 2.45) is 0 Å². The first-order valence-corrected chi connectivity index (χ1v) is 5.44. The van der Waals surface area contributed by atoms with Crippen LogP contribution in [-0.2, 0) is 14.2 Å². The molecule has 0 aromatic heterocycles. The van der Waals surface area contributed by atoms with E-state index in [0.717, 1.165) is 12.8 Å². The standard InChI is InChI=1S/C11H16O3/c1-2-8-9(13-8)7-12-11-6-4-3-5-10(11)14-11/h2,8-10H,1,3-7H2. The minimum Gasteiger partial charge on any atom is -0.363 e. The van der Waals surface area contributed by atoms with Crippen LogP contribution < -0.4 is 0 Å². The van der Waals surface area contributed by atoms with E-state index in [4.69, 9.17) is 14.2 Å². The number of epoxide rings is 2. The van der Waals surface area contributed by atoms with Crippen LogP contribution in [0.25, 0.3) is 0 Å². The number of fused-ring (bicyclic) bond motifs is 1. The Morgan fingerprint density at radius 1 is 1.50 bits per heavy atom. The van der Waals surface area contributed by atoms with Gasteiger partial charge in [-0.1, -0.05) is 12.5 Å². The zero-order valence-electron chi connectivity index (χ0n) is 8.28. The second-order valence-electron chi connectivity index (χ2n) is 4.35. The van der Waals surface area contributed by atoms with E-state index in [2.05, 4.69) is 6.58 Å². The summed E-state index contributed by atoms with van der Waals surface area (Å²) in [5.74, 6) is -0.212. The summed E-state index contributed by atoms with van der Waals surface area (Å²) in [6.45, 7) is 4.34. The molecule has 2 saturated heterocycles. The van der Waals surface area contributed by atoms with Crippen LogP contribution in [0.2, 0.25) is 0 Å². The average Bonchev–Trinajstić information content (AvgIpc) is 3.10. The van der Waals surface area contributed by atoms with E-state index in [1.807, 2.05) is 6.08 Å². The molecule has 3 nitrogen and oxygen atoms in total. The zero-order valence-corrected chi connectivity index (χ0v) is 8.28. The lowest BCUT2D eigenvalue weighted by Gasteiger charge is -2.16. The lowest BCUT2D eigenvalue weighted by atomic mass is 9.98. The van der Waals surface area contributed by atoms with Crippen LogP contribution >= 0.6 is 0 Å². The van der Waals surface area contributed by atoms with Crippen molar-refractivity contribution in [1.82, 2.24) is 0 Å². The first kappa shape index (κ1) is 8.89. The van der Waals surface area contributed by atoms with Gasteiger partial charge in [0.05, 0.1) is 6.61 Å². The van der Waals surface area contributed by atoms with Gasteiger partial charge < -0.3 is 14.2 Å². The van der Waals surface area contributed by atoms with Gasteiger partial charge in [0.15, 0.2) is 5.79 Å². The maximum Gasteiger partial charge on any atom is 0.195 e. The Morgan fingerprint density at radius 3 is 3.14 bits per heavy atom. The third-order valence-corrected chi connectivity index (χ3v) is 3.36. The number of hydrogen-bond donors (Lipinski definition) is 0. The minimum absolute atomic E-state index is 0.212. The summed E-state index contributed by atoms with van der Waals surface area (Å²) in [6.07, 6.45) is 7.38. The summed E-state index contributed by atoms with van der Waals surface area (Å²) in [5, 5.41) is 0. The second kappa shape index (κ2) is 3.05. The van der Waals surface area contributed by atoms with Crippen LogP contribution in [0.3, 0.4) is 0 Å². The van der Waals surface area contributed by atoms with Crippen molar-refractivity contribution in [1.29, 1.82) is 0 Å². The van der Waals surface area contributed by atoms with Crippen molar-refractivity contribution in [3.05, 3.63) is 12.7 Å². The quantitative estimate of drug-likeness (QED) is 0.506. The van der Waals surface area contributed by atoms with Crippen molar-refractivity contribution < 1.29 is 14.2 Å². The zero-order chi connectivity index (χ0) is 9.60. The highest BCUT2D eigenvalue weighted by Crippen LogP contribution is 2.49. The van der Waals surface area contributed by atoms with Crippen LogP contribution in [-0.4, -0.2) is 30.7 Å². The van der Waals surface area contributed by atoms with Crippen LogP contribution in [0.15, 0.2) is 12.7 Å². The van der Waals surface area contributed by atoms with E-state index in [-0.39, 0.29) is 18.0 Å². The van der Waals surface area contributed by atoms with E-state index in [1.165, 1.54) is 12.8 Å². The highest BCUT2D eigenvalue weighted by molar-refractivity contribution is 5.01. The summed E-state index contributed by atoms with van der Waals surface area (Å²) in [7, 11) is 0. The maximum absolute atomic E-state index is 5.81. The summed E-state index contributed by atoms with van der Waals surface area (Å²) in [4.78, 5) is 0. The van der Waals surface area contributed by atoms with Gasteiger partial charge in [0, 0.05) is 6.42 Å². The van der Waals surface area contributed by atoms with Gasteiger partial charge in [-0.2, -0.15) is 0 Å². The molecule has 1 saturated carbocycles. The molecule has 78 valence electrons. The molecule has 0 bridgehead atoms. The van der Waals surface area contributed by atoms with Gasteiger partial charge in [-0.15, -0.1) is 6.58 Å². The topological polar surface area (TPSA) is 34.3 Å². The fraction of sp³-hybridized carbons (Fsp3) is 0.818. The average molecular weight is 196 g/mol. The normalized spacial score (nSPS) is 49.6. The van der Waals surface area contributed by atoms with E-state index in [0.29, 0.717) is 12.7 Å². The first-order valence-electron chi connectivity index (χ1n) is 5.44. The molecular weight excluding hydrogens is 180 g/mol. The van der Waals surface area contributed by atoms with Gasteiger partial charge in [0.1, 0.15) is 18.3 Å². The van der Waals surface area contributed by atoms with Crippen LogP contribution in [0.4, 0.5) is 0 Å². The second-order valence-corrected chi connectivity index (χ2v) is 4.35. The van der Waals surface area contributed by atoms with Crippen molar-refractivity contribution in [2.75, 3.05) is 6.61 Å². The Bertz CT molecular complexity index is 253. The van der Waals surface area contributed by atoms with Crippen molar-refractivity contribution >= 4 is 0 Å². The molecule has 4 atom stereocenters. The number of rotatable bonds is 4. The van der Waals surface area contributed by atoms with E-state index >= 15 is 0 Å². The van der Waals surface area contributed by atoms with Gasteiger partial charge in [-0.05, 0) is 12.8 Å². The lowest BCUT2D eigenvalue weighted by molar-refractivity contribution is -0.0575. The van der Waals surface area contributed by atoms with Gasteiger partial charge in [-0.3, -0.25) is 0 Å². The van der Waals surface area contributed by atoms with Gasteiger partial charge in [0.2, 0.25) is 0 Å². The summed E-state index contributed by atoms with van der Waals surface area (Å²) in [6, 6.07) is 0. The molecule has 14 heavy (non-hydrogen) atoms. The van der Waals surface area contributed by atoms with Crippen molar-refractivity contribution in [3.63, 3.8) is 0 Å². The predicted octanol–water partition coefficient (Wildman–Crippen LogP) is 1.63. The fourth-order valence-electron chi connectivity index (χ4n) is 2.33. The van der Waals surface area contributed by atoms with E-state index < -0.39 is 0 Å². The molecule has 2 aliphatic heterocycles. The molecule has 0 amide bonds. The fourth-order valence-corrected chi connectivity index (χ4v) is 2.33. The molecule has 2 heterocycles.